The average molecular weight is 241 g/mol. The van der Waals surface area contributed by atoms with Gasteiger partial charge in [0.1, 0.15) is 0 Å². The largest absolute Gasteiger partial charge is 0.295 e. The van der Waals surface area contributed by atoms with Gasteiger partial charge in [0.25, 0.3) is 0 Å². The molecule has 1 aromatic carbocycles. The van der Waals surface area contributed by atoms with Crippen LogP contribution in [-0.4, -0.2) is 5.78 Å². The van der Waals surface area contributed by atoms with Crippen molar-refractivity contribution in [3.63, 3.8) is 0 Å². The molecular weight excluding hydrogens is 228 g/mol. The number of carbonyl (C=O) groups is 1. The van der Waals surface area contributed by atoms with E-state index in [4.69, 9.17) is 0 Å². The van der Waals surface area contributed by atoms with Crippen molar-refractivity contribution < 1.29 is 4.79 Å². The van der Waals surface area contributed by atoms with Crippen molar-refractivity contribution >= 4 is 21.7 Å². The van der Waals surface area contributed by atoms with E-state index in [9.17, 15) is 4.79 Å². The Hall–Kier alpha value is -0.630. The zero-order valence-electron chi connectivity index (χ0n) is 8.15. The first-order valence-electron chi connectivity index (χ1n) is 4.36. The molecular formula is C11H13BrO. The molecule has 0 aliphatic heterocycles. The lowest BCUT2D eigenvalue weighted by molar-refractivity contribution is 0.101. The molecule has 1 nitrogen and oxygen atoms in total. The fourth-order valence-electron chi connectivity index (χ4n) is 1.56. The van der Waals surface area contributed by atoms with Gasteiger partial charge in [0.2, 0.25) is 0 Å². The Morgan fingerprint density at radius 2 is 2.08 bits per heavy atom. The van der Waals surface area contributed by atoms with Gasteiger partial charge in [-0.25, -0.2) is 0 Å². The first kappa shape index (κ1) is 10.5. The summed E-state index contributed by atoms with van der Waals surface area (Å²) in [6.45, 7) is 5.72. The molecule has 0 amide bonds. The van der Waals surface area contributed by atoms with Gasteiger partial charge in [-0.15, -0.1) is 0 Å². The first-order valence-corrected chi connectivity index (χ1v) is 5.15. The Bertz CT molecular complexity index is 342. The molecule has 0 atom stereocenters. The molecule has 0 aliphatic carbocycles. The number of hydrogen-bond donors (Lipinski definition) is 0. The van der Waals surface area contributed by atoms with Crippen LogP contribution in [0.1, 0.15) is 35.3 Å². The lowest BCUT2D eigenvalue weighted by Crippen LogP contribution is -2.01. The van der Waals surface area contributed by atoms with E-state index in [0.29, 0.717) is 0 Å². The highest BCUT2D eigenvalue weighted by molar-refractivity contribution is 9.10. The number of ketones is 1. The molecule has 70 valence electrons. The van der Waals surface area contributed by atoms with Crippen molar-refractivity contribution in [2.24, 2.45) is 0 Å². The smallest absolute Gasteiger partial charge is 0.160 e. The fourth-order valence-corrected chi connectivity index (χ4v) is 2.13. The van der Waals surface area contributed by atoms with Gasteiger partial charge in [0.05, 0.1) is 0 Å². The molecule has 0 N–H and O–H groups in total. The van der Waals surface area contributed by atoms with E-state index in [1.54, 1.807) is 6.92 Å². The summed E-state index contributed by atoms with van der Waals surface area (Å²) in [5, 5.41) is 0. The zero-order valence-corrected chi connectivity index (χ0v) is 9.73. The third-order valence-electron chi connectivity index (χ3n) is 2.17. The predicted octanol–water partition coefficient (Wildman–Crippen LogP) is 3.52. The van der Waals surface area contributed by atoms with Crippen LogP contribution in [0.5, 0.6) is 0 Å². The van der Waals surface area contributed by atoms with E-state index < -0.39 is 0 Å². The molecule has 0 fully saturated rings. The fraction of sp³-hybridized carbons (Fsp3) is 0.364. The van der Waals surface area contributed by atoms with E-state index >= 15 is 0 Å². The Morgan fingerprint density at radius 1 is 1.46 bits per heavy atom. The van der Waals surface area contributed by atoms with Crippen LogP contribution in [0.15, 0.2) is 16.6 Å². The minimum absolute atomic E-state index is 0.140. The van der Waals surface area contributed by atoms with Gasteiger partial charge < -0.3 is 0 Å². The van der Waals surface area contributed by atoms with Crippen molar-refractivity contribution in [1.82, 2.24) is 0 Å². The molecule has 1 rings (SSSR count). The lowest BCUT2D eigenvalue weighted by Gasteiger charge is -2.09. The zero-order chi connectivity index (χ0) is 10.0. The summed E-state index contributed by atoms with van der Waals surface area (Å²) in [4.78, 5) is 11.3. The molecule has 0 bridgehead atoms. The number of rotatable bonds is 2. The molecule has 0 unspecified atom stereocenters. The average Bonchev–Trinajstić information content (AvgIpc) is 2.02. The number of benzene rings is 1. The van der Waals surface area contributed by atoms with Gasteiger partial charge in [-0.3, -0.25) is 4.79 Å². The predicted molar refractivity (Wildman–Crippen MR) is 58.3 cm³/mol. The Balaban J connectivity index is 3.38. The van der Waals surface area contributed by atoms with Crippen LogP contribution in [0, 0.1) is 6.92 Å². The van der Waals surface area contributed by atoms with E-state index in [0.717, 1.165) is 22.0 Å². The maximum absolute atomic E-state index is 11.3. The molecule has 0 aromatic heterocycles. The summed E-state index contributed by atoms with van der Waals surface area (Å²) in [7, 11) is 0. The monoisotopic (exact) mass is 240 g/mol. The Kier molecular flexibility index (Phi) is 3.26. The summed E-state index contributed by atoms with van der Waals surface area (Å²) in [5.41, 5.74) is 3.19. The number of carbonyl (C=O) groups excluding carboxylic acids is 1. The van der Waals surface area contributed by atoms with E-state index in [1.807, 2.05) is 19.1 Å². The minimum atomic E-state index is 0.140. The molecule has 0 aliphatic rings. The second-order valence-electron chi connectivity index (χ2n) is 3.16. The molecule has 0 saturated heterocycles. The van der Waals surface area contributed by atoms with Gasteiger partial charge in [0.15, 0.2) is 5.78 Å². The van der Waals surface area contributed by atoms with Crippen molar-refractivity contribution in [2.45, 2.75) is 27.2 Å². The molecule has 0 heterocycles. The SMILES string of the molecule is CCc1c(C)cc(Br)cc1C(C)=O. The first-order chi connectivity index (χ1) is 6.06. The number of hydrogen-bond acceptors (Lipinski definition) is 1. The Morgan fingerprint density at radius 3 is 2.54 bits per heavy atom. The minimum Gasteiger partial charge on any atom is -0.295 e. The molecule has 0 radical (unpaired) electrons. The standard InChI is InChI=1S/C11H13BrO/c1-4-10-7(2)5-9(12)6-11(10)8(3)13/h5-6H,4H2,1-3H3. The maximum atomic E-state index is 11.3. The summed E-state index contributed by atoms with van der Waals surface area (Å²) >= 11 is 3.39. The van der Waals surface area contributed by atoms with Crippen LogP contribution >= 0.6 is 15.9 Å². The summed E-state index contributed by atoms with van der Waals surface area (Å²) in [5.74, 6) is 0.140. The van der Waals surface area contributed by atoms with Crippen molar-refractivity contribution in [3.8, 4) is 0 Å². The molecule has 2 heteroatoms. The van der Waals surface area contributed by atoms with Crippen LogP contribution in [0.4, 0.5) is 0 Å². The van der Waals surface area contributed by atoms with E-state index in [1.165, 1.54) is 5.56 Å². The molecule has 0 spiro atoms. The van der Waals surface area contributed by atoms with E-state index in [-0.39, 0.29) is 5.78 Å². The molecule has 1 aromatic rings. The highest BCUT2D eigenvalue weighted by Crippen LogP contribution is 2.21. The lowest BCUT2D eigenvalue weighted by atomic mass is 9.97. The van der Waals surface area contributed by atoms with E-state index in [2.05, 4.69) is 22.9 Å². The van der Waals surface area contributed by atoms with Crippen LogP contribution in [0.3, 0.4) is 0 Å². The van der Waals surface area contributed by atoms with Crippen molar-refractivity contribution in [3.05, 3.63) is 33.3 Å². The number of halogens is 1. The second kappa shape index (κ2) is 4.05. The highest BCUT2D eigenvalue weighted by Gasteiger charge is 2.09. The van der Waals surface area contributed by atoms with Gasteiger partial charge >= 0.3 is 0 Å². The third kappa shape index (κ3) is 2.19. The quantitative estimate of drug-likeness (QED) is 0.724. The maximum Gasteiger partial charge on any atom is 0.160 e. The summed E-state index contributed by atoms with van der Waals surface area (Å²) in [6, 6.07) is 3.94. The number of aryl methyl sites for hydroxylation is 1. The topological polar surface area (TPSA) is 17.1 Å². The molecule has 13 heavy (non-hydrogen) atoms. The molecule has 0 saturated carbocycles. The van der Waals surface area contributed by atoms with Crippen LogP contribution in [0.25, 0.3) is 0 Å². The van der Waals surface area contributed by atoms with Gasteiger partial charge in [0, 0.05) is 10.0 Å². The van der Waals surface area contributed by atoms with Crippen molar-refractivity contribution in [1.29, 1.82) is 0 Å². The highest BCUT2D eigenvalue weighted by atomic mass is 79.9. The van der Waals surface area contributed by atoms with Crippen molar-refractivity contribution in [2.75, 3.05) is 0 Å². The van der Waals surface area contributed by atoms with Crippen LogP contribution in [-0.2, 0) is 6.42 Å². The summed E-state index contributed by atoms with van der Waals surface area (Å²) < 4.78 is 0.979. The Labute approximate surface area is 87.3 Å². The van der Waals surface area contributed by atoms with Gasteiger partial charge in [-0.05, 0) is 43.5 Å². The van der Waals surface area contributed by atoms with Crippen LogP contribution in [0.2, 0.25) is 0 Å². The number of Topliss-reactive ketones (excluding diaryl/α,β-unsaturated/α-hetero) is 1. The van der Waals surface area contributed by atoms with Gasteiger partial charge in [-0.2, -0.15) is 0 Å². The third-order valence-corrected chi connectivity index (χ3v) is 2.63. The van der Waals surface area contributed by atoms with Crippen LogP contribution < -0.4 is 0 Å². The normalized spacial score (nSPS) is 10.2. The van der Waals surface area contributed by atoms with Gasteiger partial charge in [-0.1, -0.05) is 22.9 Å². The second-order valence-corrected chi connectivity index (χ2v) is 4.07. The summed E-state index contributed by atoms with van der Waals surface area (Å²) in [6.07, 6.45) is 0.911.